The number of anilines is 1. The lowest BCUT2D eigenvalue weighted by molar-refractivity contribution is -0.120. The van der Waals surface area contributed by atoms with Crippen LogP contribution in [0.4, 0.5) is 5.69 Å². The van der Waals surface area contributed by atoms with E-state index in [9.17, 15) is 13.2 Å². The summed E-state index contributed by atoms with van der Waals surface area (Å²) >= 11 is 0. The van der Waals surface area contributed by atoms with Crippen molar-refractivity contribution < 1.29 is 13.2 Å². The highest BCUT2D eigenvalue weighted by Gasteiger charge is 2.24. The van der Waals surface area contributed by atoms with E-state index in [1.54, 1.807) is 13.0 Å². The smallest absolute Gasteiger partial charge is 0.241 e. The van der Waals surface area contributed by atoms with Crippen LogP contribution in [0.15, 0.2) is 23.1 Å². The van der Waals surface area contributed by atoms with E-state index < -0.39 is 10.0 Å². The van der Waals surface area contributed by atoms with E-state index in [0.29, 0.717) is 5.69 Å². The first-order valence-corrected chi connectivity index (χ1v) is 7.51. The molecule has 0 unspecified atom stereocenters. The fourth-order valence-electron chi connectivity index (χ4n) is 1.68. The van der Waals surface area contributed by atoms with Crippen molar-refractivity contribution >= 4 is 21.6 Å². The van der Waals surface area contributed by atoms with Gasteiger partial charge in [0.15, 0.2) is 0 Å². The second-order valence-corrected chi connectivity index (χ2v) is 6.51. The average molecular weight is 283 g/mol. The third-order valence-electron chi connectivity index (χ3n) is 2.75. The summed E-state index contributed by atoms with van der Waals surface area (Å²) in [6.45, 7) is 1.50. The lowest BCUT2D eigenvalue weighted by Gasteiger charge is -2.08. The quantitative estimate of drug-likeness (QED) is 0.669. The summed E-state index contributed by atoms with van der Waals surface area (Å²) < 4.78 is 26.3. The average Bonchev–Trinajstić information content (AvgIpc) is 3.09. The van der Waals surface area contributed by atoms with Crippen molar-refractivity contribution in [1.29, 1.82) is 0 Å². The van der Waals surface area contributed by atoms with Crippen molar-refractivity contribution in [1.82, 2.24) is 10.0 Å². The van der Waals surface area contributed by atoms with Crippen LogP contribution in [0.3, 0.4) is 0 Å². The lowest BCUT2D eigenvalue weighted by Crippen LogP contribution is -2.37. The second-order valence-electron chi connectivity index (χ2n) is 4.75. The van der Waals surface area contributed by atoms with Gasteiger partial charge in [0.25, 0.3) is 0 Å². The van der Waals surface area contributed by atoms with Gasteiger partial charge in [-0.25, -0.2) is 13.1 Å². The maximum Gasteiger partial charge on any atom is 0.241 e. The number of rotatable bonds is 5. The minimum absolute atomic E-state index is 0.0734. The van der Waals surface area contributed by atoms with Crippen LogP contribution in [-0.4, -0.2) is 26.9 Å². The Balaban J connectivity index is 2.02. The molecule has 1 saturated carbocycles. The minimum atomic E-state index is -3.71. The fraction of sp³-hybridized carbons (Fsp3) is 0.417. The zero-order valence-corrected chi connectivity index (χ0v) is 11.5. The summed E-state index contributed by atoms with van der Waals surface area (Å²) in [4.78, 5) is 11.5. The number of hydrogen-bond acceptors (Lipinski definition) is 4. The van der Waals surface area contributed by atoms with Crippen LogP contribution in [0.1, 0.15) is 18.4 Å². The Hall–Kier alpha value is -1.60. The van der Waals surface area contributed by atoms with E-state index in [-0.39, 0.29) is 23.4 Å². The van der Waals surface area contributed by atoms with E-state index in [1.165, 1.54) is 12.1 Å². The molecule has 0 heterocycles. The standard InChI is InChI=1S/C12H17N3O3S/c1-8-4-9(13)6-11(5-8)19(17,18)14-7-12(16)15-10-2-3-10/h4-6,10,14H,2-3,7,13H2,1H3,(H,15,16). The maximum absolute atomic E-state index is 12.0. The molecule has 4 N–H and O–H groups in total. The number of nitrogen functional groups attached to an aromatic ring is 1. The lowest BCUT2D eigenvalue weighted by atomic mass is 10.2. The van der Waals surface area contributed by atoms with Crippen LogP contribution in [-0.2, 0) is 14.8 Å². The predicted octanol–water partition coefficient (Wildman–Crippen LogP) is 0.134. The summed E-state index contributed by atoms with van der Waals surface area (Å²) in [5, 5.41) is 2.71. The van der Waals surface area contributed by atoms with Gasteiger partial charge in [-0.05, 0) is 43.5 Å². The van der Waals surface area contributed by atoms with Crippen LogP contribution in [0.25, 0.3) is 0 Å². The highest BCUT2D eigenvalue weighted by Crippen LogP contribution is 2.18. The Morgan fingerprint density at radius 3 is 2.63 bits per heavy atom. The van der Waals surface area contributed by atoms with Crippen LogP contribution >= 0.6 is 0 Å². The van der Waals surface area contributed by atoms with Gasteiger partial charge in [0, 0.05) is 11.7 Å². The molecule has 1 aromatic carbocycles. The number of benzene rings is 1. The van der Waals surface area contributed by atoms with E-state index in [1.807, 2.05) is 0 Å². The predicted molar refractivity (Wildman–Crippen MR) is 71.9 cm³/mol. The number of carbonyl (C=O) groups is 1. The molecule has 7 heteroatoms. The van der Waals surface area contributed by atoms with E-state index in [0.717, 1.165) is 18.4 Å². The molecule has 0 aliphatic heterocycles. The molecule has 2 rings (SSSR count). The molecule has 1 aliphatic rings. The molecule has 6 nitrogen and oxygen atoms in total. The van der Waals surface area contributed by atoms with Gasteiger partial charge in [0.05, 0.1) is 11.4 Å². The van der Waals surface area contributed by atoms with Gasteiger partial charge < -0.3 is 11.1 Å². The van der Waals surface area contributed by atoms with Gasteiger partial charge in [-0.15, -0.1) is 0 Å². The number of amides is 1. The first-order chi connectivity index (χ1) is 8.87. The molecule has 0 atom stereocenters. The first kappa shape index (κ1) is 13.8. The van der Waals surface area contributed by atoms with E-state index in [2.05, 4.69) is 10.0 Å². The second kappa shape index (κ2) is 5.18. The molecular formula is C12H17N3O3S. The van der Waals surface area contributed by atoms with Crippen molar-refractivity contribution in [3.05, 3.63) is 23.8 Å². The Labute approximate surface area is 112 Å². The Bertz CT molecular complexity index is 574. The van der Waals surface area contributed by atoms with Crippen molar-refractivity contribution in [3.63, 3.8) is 0 Å². The minimum Gasteiger partial charge on any atom is -0.399 e. The summed E-state index contributed by atoms with van der Waals surface area (Å²) in [6, 6.07) is 4.77. The SMILES string of the molecule is Cc1cc(N)cc(S(=O)(=O)NCC(=O)NC2CC2)c1. The zero-order chi connectivity index (χ0) is 14.0. The van der Waals surface area contributed by atoms with Crippen LogP contribution in [0.2, 0.25) is 0 Å². The van der Waals surface area contributed by atoms with Gasteiger partial charge in [-0.1, -0.05) is 0 Å². The van der Waals surface area contributed by atoms with Crippen LogP contribution in [0.5, 0.6) is 0 Å². The number of hydrogen-bond donors (Lipinski definition) is 3. The molecule has 0 saturated heterocycles. The van der Waals surface area contributed by atoms with Crippen molar-refractivity contribution in [2.75, 3.05) is 12.3 Å². The maximum atomic E-state index is 12.0. The highest BCUT2D eigenvalue weighted by atomic mass is 32.2. The Morgan fingerprint density at radius 2 is 2.05 bits per heavy atom. The van der Waals surface area contributed by atoms with Gasteiger partial charge in [0.2, 0.25) is 15.9 Å². The molecule has 104 valence electrons. The molecule has 0 radical (unpaired) electrons. The number of sulfonamides is 1. The molecule has 1 aliphatic carbocycles. The first-order valence-electron chi connectivity index (χ1n) is 6.03. The number of carbonyl (C=O) groups excluding carboxylic acids is 1. The zero-order valence-electron chi connectivity index (χ0n) is 10.6. The van der Waals surface area contributed by atoms with Gasteiger partial charge >= 0.3 is 0 Å². The third-order valence-corrected chi connectivity index (χ3v) is 4.13. The number of aryl methyl sites for hydroxylation is 1. The monoisotopic (exact) mass is 283 g/mol. The molecule has 0 spiro atoms. The Kier molecular flexibility index (Phi) is 3.77. The van der Waals surface area contributed by atoms with E-state index >= 15 is 0 Å². The van der Waals surface area contributed by atoms with Crippen LogP contribution in [0, 0.1) is 6.92 Å². The third kappa shape index (κ3) is 3.93. The highest BCUT2D eigenvalue weighted by molar-refractivity contribution is 7.89. The molecule has 19 heavy (non-hydrogen) atoms. The van der Waals surface area contributed by atoms with Gasteiger partial charge in [-0.3, -0.25) is 4.79 Å². The molecular weight excluding hydrogens is 266 g/mol. The fourth-order valence-corrected chi connectivity index (χ4v) is 2.80. The molecule has 1 amide bonds. The molecule has 0 bridgehead atoms. The van der Waals surface area contributed by atoms with Gasteiger partial charge in [-0.2, -0.15) is 0 Å². The summed E-state index contributed by atoms with van der Waals surface area (Å²) in [7, 11) is -3.71. The molecule has 0 aromatic heterocycles. The largest absolute Gasteiger partial charge is 0.399 e. The number of nitrogens with one attached hydrogen (secondary N) is 2. The summed E-state index contributed by atoms with van der Waals surface area (Å²) in [5.74, 6) is -0.313. The van der Waals surface area contributed by atoms with Gasteiger partial charge in [0.1, 0.15) is 0 Å². The number of nitrogens with two attached hydrogens (primary N) is 1. The Morgan fingerprint density at radius 1 is 1.37 bits per heavy atom. The summed E-state index contributed by atoms with van der Waals surface area (Å²) in [5.41, 5.74) is 6.74. The summed E-state index contributed by atoms with van der Waals surface area (Å²) in [6.07, 6.45) is 1.93. The van der Waals surface area contributed by atoms with Crippen molar-refractivity contribution in [2.45, 2.75) is 30.7 Å². The van der Waals surface area contributed by atoms with E-state index in [4.69, 9.17) is 5.73 Å². The van der Waals surface area contributed by atoms with Crippen LogP contribution < -0.4 is 15.8 Å². The molecule has 1 aromatic rings. The topological polar surface area (TPSA) is 101 Å². The normalized spacial score (nSPS) is 15.2. The molecule has 1 fully saturated rings. The van der Waals surface area contributed by atoms with Crippen molar-refractivity contribution in [2.24, 2.45) is 0 Å². The van der Waals surface area contributed by atoms with Crippen molar-refractivity contribution in [3.8, 4) is 0 Å².